The molecule has 0 amide bonds. The summed E-state index contributed by atoms with van der Waals surface area (Å²) < 4.78 is 1.06. The summed E-state index contributed by atoms with van der Waals surface area (Å²) in [5.74, 6) is 0. The molecular formula is C17H18BrClN2S. The molecule has 0 radical (unpaired) electrons. The Morgan fingerprint density at radius 2 is 1.82 bits per heavy atom. The Morgan fingerprint density at radius 3 is 2.41 bits per heavy atom. The van der Waals surface area contributed by atoms with E-state index < -0.39 is 0 Å². The molecule has 2 nitrogen and oxygen atoms in total. The van der Waals surface area contributed by atoms with Crippen LogP contribution >= 0.6 is 39.7 Å². The minimum absolute atomic E-state index is 0.109. The number of hydrogen-bond acceptors (Lipinski definition) is 1. The lowest BCUT2D eigenvalue weighted by molar-refractivity contribution is 0.722. The maximum Gasteiger partial charge on any atom is 0.171 e. The number of benzene rings is 2. The van der Waals surface area contributed by atoms with Gasteiger partial charge in [-0.1, -0.05) is 45.7 Å². The summed E-state index contributed by atoms with van der Waals surface area (Å²) in [5, 5.41) is 7.71. The van der Waals surface area contributed by atoms with Crippen molar-refractivity contribution in [1.82, 2.24) is 5.32 Å². The van der Waals surface area contributed by atoms with Crippen molar-refractivity contribution in [3.05, 3.63) is 62.6 Å². The number of aryl methyl sites for hydroxylation is 2. The zero-order valence-corrected chi connectivity index (χ0v) is 15.9. The van der Waals surface area contributed by atoms with E-state index in [1.165, 1.54) is 5.56 Å². The first kappa shape index (κ1) is 17.3. The van der Waals surface area contributed by atoms with Crippen LogP contribution in [0.2, 0.25) is 5.02 Å². The fourth-order valence-electron chi connectivity index (χ4n) is 2.26. The molecule has 2 aromatic carbocycles. The van der Waals surface area contributed by atoms with E-state index in [2.05, 4.69) is 51.7 Å². The quantitative estimate of drug-likeness (QED) is 0.643. The third-order valence-corrected chi connectivity index (χ3v) is 4.43. The Balaban J connectivity index is 2.05. The fraction of sp³-hybridized carbons (Fsp3) is 0.235. The van der Waals surface area contributed by atoms with Crippen molar-refractivity contribution < 1.29 is 0 Å². The molecule has 0 fully saturated rings. The van der Waals surface area contributed by atoms with Crippen molar-refractivity contribution in [2.75, 3.05) is 5.32 Å². The van der Waals surface area contributed by atoms with Gasteiger partial charge >= 0.3 is 0 Å². The van der Waals surface area contributed by atoms with Gasteiger partial charge in [-0.25, -0.2) is 0 Å². The van der Waals surface area contributed by atoms with Gasteiger partial charge in [0.2, 0.25) is 0 Å². The van der Waals surface area contributed by atoms with Crippen LogP contribution in [0.25, 0.3) is 0 Å². The number of hydrogen-bond donors (Lipinski definition) is 2. The average Bonchev–Trinajstić information content (AvgIpc) is 2.43. The summed E-state index contributed by atoms with van der Waals surface area (Å²) in [4.78, 5) is 0. The third-order valence-electron chi connectivity index (χ3n) is 3.39. The van der Waals surface area contributed by atoms with Gasteiger partial charge in [0.25, 0.3) is 0 Å². The molecule has 0 spiro atoms. The van der Waals surface area contributed by atoms with Crippen molar-refractivity contribution in [2.45, 2.75) is 26.8 Å². The average molecular weight is 398 g/mol. The van der Waals surface area contributed by atoms with Gasteiger partial charge in [-0.3, -0.25) is 0 Å². The second-order valence-corrected chi connectivity index (χ2v) is 7.04. The Kier molecular flexibility index (Phi) is 5.84. The largest absolute Gasteiger partial charge is 0.356 e. The highest BCUT2D eigenvalue weighted by molar-refractivity contribution is 9.10. The number of halogens is 2. The molecule has 116 valence electrons. The van der Waals surface area contributed by atoms with Crippen molar-refractivity contribution >= 4 is 50.5 Å². The highest BCUT2D eigenvalue weighted by atomic mass is 79.9. The number of thiocarbonyl (C=S) groups is 1. The van der Waals surface area contributed by atoms with Crippen molar-refractivity contribution in [3.63, 3.8) is 0 Å². The van der Waals surface area contributed by atoms with E-state index in [-0.39, 0.29) is 6.04 Å². The van der Waals surface area contributed by atoms with Crippen molar-refractivity contribution in [1.29, 1.82) is 0 Å². The standard InChI is InChI=1S/C17H18BrClN2S/c1-10-8-11(2)16(15(19)9-10)21-17(22)20-12(3)13-4-6-14(18)7-5-13/h4-9,12H,1-3H3,(H2,20,21,22)/t12-/m0/s1. The first-order chi connectivity index (χ1) is 10.4. The SMILES string of the molecule is Cc1cc(C)c(NC(=S)N[C@@H](C)c2ccc(Br)cc2)c(Cl)c1. The monoisotopic (exact) mass is 396 g/mol. The normalized spacial score (nSPS) is 11.9. The summed E-state index contributed by atoms with van der Waals surface area (Å²) in [5.41, 5.74) is 4.23. The minimum atomic E-state index is 0.109. The Bertz CT molecular complexity index is 663. The van der Waals surface area contributed by atoms with Gasteiger partial charge in [0, 0.05) is 4.47 Å². The first-order valence-electron chi connectivity index (χ1n) is 6.96. The predicted octanol–water partition coefficient (Wildman–Crippen LogP) is 5.77. The maximum absolute atomic E-state index is 6.29. The van der Waals surface area contributed by atoms with Crippen LogP contribution in [0.3, 0.4) is 0 Å². The van der Waals surface area contributed by atoms with Gasteiger partial charge < -0.3 is 10.6 Å². The van der Waals surface area contributed by atoms with Crippen LogP contribution < -0.4 is 10.6 Å². The first-order valence-corrected chi connectivity index (χ1v) is 8.54. The molecule has 0 bridgehead atoms. The fourth-order valence-corrected chi connectivity index (χ4v) is 3.17. The van der Waals surface area contributed by atoms with Crippen LogP contribution in [0.15, 0.2) is 40.9 Å². The van der Waals surface area contributed by atoms with Crippen molar-refractivity contribution in [2.24, 2.45) is 0 Å². The van der Waals surface area contributed by atoms with Crippen LogP contribution in [0.1, 0.15) is 29.7 Å². The van der Waals surface area contributed by atoms with Gasteiger partial charge in [-0.05, 0) is 67.9 Å². The zero-order valence-electron chi connectivity index (χ0n) is 12.7. The van der Waals surface area contributed by atoms with Gasteiger partial charge in [0.1, 0.15) is 0 Å². The van der Waals surface area contributed by atoms with Crippen LogP contribution in [0.4, 0.5) is 5.69 Å². The molecular weight excluding hydrogens is 380 g/mol. The van der Waals surface area contributed by atoms with E-state index in [1.54, 1.807) is 0 Å². The Hall–Kier alpha value is -1.10. The van der Waals surface area contributed by atoms with E-state index in [9.17, 15) is 0 Å². The molecule has 0 unspecified atom stereocenters. The summed E-state index contributed by atoms with van der Waals surface area (Å²) in [7, 11) is 0. The molecule has 1 atom stereocenters. The molecule has 0 saturated heterocycles. The summed E-state index contributed by atoms with van der Waals surface area (Å²) in [6.07, 6.45) is 0. The molecule has 5 heteroatoms. The molecule has 0 aliphatic heterocycles. The predicted molar refractivity (Wildman–Crippen MR) is 103 cm³/mol. The lowest BCUT2D eigenvalue weighted by atomic mass is 10.1. The topological polar surface area (TPSA) is 24.1 Å². The lowest BCUT2D eigenvalue weighted by Gasteiger charge is -2.19. The molecule has 2 aromatic rings. The summed E-state index contributed by atoms with van der Waals surface area (Å²) in [6, 6.07) is 12.3. The molecule has 0 aliphatic carbocycles. The molecule has 0 aliphatic rings. The van der Waals surface area contributed by atoms with Crippen LogP contribution in [-0.4, -0.2) is 5.11 Å². The number of nitrogens with one attached hydrogen (secondary N) is 2. The van der Waals surface area contributed by atoms with Gasteiger partial charge in [0.05, 0.1) is 16.8 Å². The van der Waals surface area contributed by atoms with Gasteiger partial charge in [-0.15, -0.1) is 0 Å². The van der Waals surface area contributed by atoms with Gasteiger partial charge in [0.15, 0.2) is 5.11 Å². The van der Waals surface area contributed by atoms with E-state index in [0.717, 1.165) is 21.3 Å². The van der Waals surface area contributed by atoms with Crippen LogP contribution in [0, 0.1) is 13.8 Å². The smallest absolute Gasteiger partial charge is 0.171 e. The summed E-state index contributed by atoms with van der Waals surface area (Å²) in [6.45, 7) is 6.11. The van der Waals surface area contributed by atoms with Crippen LogP contribution in [-0.2, 0) is 0 Å². The van der Waals surface area contributed by atoms with Gasteiger partial charge in [-0.2, -0.15) is 0 Å². The van der Waals surface area contributed by atoms with Crippen LogP contribution in [0.5, 0.6) is 0 Å². The Labute approximate surface area is 150 Å². The molecule has 0 heterocycles. The molecule has 0 aromatic heterocycles. The molecule has 22 heavy (non-hydrogen) atoms. The van der Waals surface area contributed by atoms with E-state index in [4.69, 9.17) is 23.8 Å². The Morgan fingerprint density at radius 1 is 1.18 bits per heavy atom. The number of rotatable bonds is 3. The van der Waals surface area contributed by atoms with E-state index in [0.29, 0.717) is 10.1 Å². The second kappa shape index (κ2) is 7.44. The second-order valence-electron chi connectivity index (χ2n) is 5.31. The van der Waals surface area contributed by atoms with Crippen molar-refractivity contribution in [3.8, 4) is 0 Å². The minimum Gasteiger partial charge on any atom is -0.356 e. The molecule has 2 rings (SSSR count). The van der Waals surface area contributed by atoms with E-state index in [1.807, 2.05) is 32.0 Å². The lowest BCUT2D eigenvalue weighted by Crippen LogP contribution is -2.31. The molecule has 0 saturated carbocycles. The maximum atomic E-state index is 6.29. The summed E-state index contributed by atoms with van der Waals surface area (Å²) >= 11 is 15.1. The number of anilines is 1. The zero-order chi connectivity index (χ0) is 16.3. The highest BCUT2D eigenvalue weighted by Gasteiger charge is 2.10. The molecule has 2 N–H and O–H groups in total. The third kappa shape index (κ3) is 4.45. The van der Waals surface area contributed by atoms with E-state index >= 15 is 0 Å². The highest BCUT2D eigenvalue weighted by Crippen LogP contribution is 2.27.